The molecule has 1 amide bonds. The second-order valence-corrected chi connectivity index (χ2v) is 30.1. The lowest BCUT2D eigenvalue weighted by molar-refractivity contribution is -0.703. The molecule has 0 saturated heterocycles. The van der Waals surface area contributed by atoms with E-state index in [0.717, 1.165) is 0 Å². The molecule has 0 saturated carbocycles. The molecular formula is C57H69N4O21PS4. The molecule has 3 heterocycles. The Morgan fingerprint density at radius 1 is 0.816 bits per heavy atom. The van der Waals surface area contributed by atoms with Crippen LogP contribution >= 0.6 is 7.60 Å². The summed E-state index contributed by atoms with van der Waals surface area (Å²) in [6.45, 7) is 7.74. The number of aliphatic hydroxyl groups is 2. The molecule has 87 heavy (non-hydrogen) atoms. The van der Waals surface area contributed by atoms with E-state index in [9.17, 15) is 91.1 Å². The van der Waals surface area contributed by atoms with Crippen molar-refractivity contribution in [2.45, 2.75) is 135 Å². The molecule has 3 aromatic carbocycles. The minimum absolute atomic E-state index is 0.0335. The van der Waals surface area contributed by atoms with Gasteiger partial charge in [0.2, 0.25) is 11.6 Å². The number of aliphatic hydroxyl groups excluding tert-OH is 1. The van der Waals surface area contributed by atoms with Crippen LogP contribution in [0.4, 0.5) is 11.4 Å². The molecule has 1 aromatic heterocycles. The second kappa shape index (κ2) is 26.4. The van der Waals surface area contributed by atoms with Crippen LogP contribution in [0, 0.1) is 0 Å². The maximum Gasteiger partial charge on any atom is 0.368 e. The maximum atomic E-state index is 13.0. The van der Waals surface area contributed by atoms with Gasteiger partial charge in [-0.15, -0.1) is 0 Å². The summed E-state index contributed by atoms with van der Waals surface area (Å²) in [5.41, 5.74) is 3.21. The number of carbonyl (C=O) groups is 2. The smallest absolute Gasteiger partial charge is 0.368 e. The Bertz CT molecular complexity index is 4020. The predicted molar refractivity (Wildman–Crippen MR) is 313 cm³/mol. The number of carboxylic acids is 1. The number of amides is 1. The highest BCUT2D eigenvalue weighted by molar-refractivity contribution is 7.86. The molecule has 30 heteroatoms. The highest BCUT2D eigenvalue weighted by atomic mass is 32.2. The van der Waals surface area contributed by atoms with Crippen molar-refractivity contribution in [1.82, 2.24) is 5.32 Å². The summed E-state index contributed by atoms with van der Waals surface area (Å²) < 4.78 is 162. The number of allylic oxidation sites excluding steroid dienone is 7. The fraction of sp³-hybridized carbons (Fsp3) is 0.404. The molecule has 7 rings (SSSR count). The summed E-state index contributed by atoms with van der Waals surface area (Å²) in [6, 6.07) is 16.2. The van der Waals surface area contributed by atoms with Crippen LogP contribution in [0.5, 0.6) is 5.75 Å². The first kappa shape index (κ1) is 68.2. The summed E-state index contributed by atoms with van der Waals surface area (Å²) in [5, 5.41) is 29.6. The van der Waals surface area contributed by atoms with Crippen molar-refractivity contribution in [1.29, 1.82) is 0 Å². The van der Waals surface area contributed by atoms with Crippen molar-refractivity contribution >= 4 is 77.0 Å². The first-order chi connectivity index (χ1) is 40.3. The van der Waals surface area contributed by atoms with E-state index >= 15 is 0 Å². The van der Waals surface area contributed by atoms with Gasteiger partial charge in [-0.05, 0) is 142 Å². The fourth-order valence-corrected chi connectivity index (χ4v) is 13.6. The van der Waals surface area contributed by atoms with Crippen molar-refractivity contribution in [3.63, 3.8) is 0 Å². The van der Waals surface area contributed by atoms with Gasteiger partial charge in [0.05, 0.1) is 30.2 Å². The molecule has 2 atom stereocenters. The number of pyridine rings is 1. The largest absolute Gasteiger partial charge is 0.748 e. The standard InChI is InChI=1S/C57H69N4O21PS4/c1-55(2)46-32-44(86(76,77)78)22-24-48(46)60(29-7-5-6-15-52(63)58-35-41(62)37-59-28-11-12-38(36-59)34-57(66,54(64)65)83(67,68)69)50(55)26-16-39-13-10-14-40(53(39)82-42-18-20-43(21-19-42)85(73,74)75)17-27-51-56(3,4)47-33-45(87(79,80)81)23-25-49(47)61(51)30-8-9-31-84(70,71)72/h11-12,16-28,32-33,36,41,62,66H,5-10,13-15,29-31,34-35,37H2,1-4H3,(H6-2,58,63,64,65,67,68,69,70,71,72,73,74,75,76,77,78,79,80,81). The monoisotopic (exact) mass is 1300 g/mol. The lowest BCUT2D eigenvalue weighted by atomic mass is 9.81. The number of nitrogens with zero attached hydrogens (tertiary/aromatic N) is 3. The lowest BCUT2D eigenvalue weighted by Gasteiger charge is -2.27. The molecule has 1 aliphatic carbocycles. The van der Waals surface area contributed by atoms with Gasteiger partial charge >= 0.3 is 13.6 Å². The van der Waals surface area contributed by atoms with E-state index in [4.69, 9.17) is 4.74 Å². The third-order valence-electron chi connectivity index (χ3n) is 15.5. The lowest BCUT2D eigenvalue weighted by Crippen LogP contribution is -2.45. The van der Waals surface area contributed by atoms with Crippen molar-refractivity contribution < 1.29 is 105 Å². The normalized spacial score (nSPS) is 18.3. The van der Waals surface area contributed by atoms with E-state index < -0.39 is 93.4 Å². The number of carbonyl (C=O) groups excluding carboxylic acids is 1. The molecule has 0 spiro atoms. The Labute approximate surface area is 504 Å². The van der Waals surface area contributed by atoms with E-state index in [1.807, 2.05) is 61.5 Å². The van der Waals surface area contributed by atoms with Crippen LogP contribution in [-0.4, -0.2) is 136 Å². The summed E-state index contributed by atoms with van der Waals surface area (Å²) in [6.07, 6.45) is 11.4. The number of ether oxygens (including phenoxy) is 1. The minimum Gasteiger partial charge on any atom is -0.748 e. The second-order valence-electron chi connectivity index (χ2n) is 22.5. The van der Waals surface area contributed by atoms with Crippen LogP contribution in [0.1, 0.15) is 102 Å². The van der Waals surface area contributed by atoms with Gasteiger partial charge in [-0.1, -0.05) is 26.3 Å². The Hall–Kier alpha value is -6.31. The number of unbranched alkanes of at least 4 members (excludes halogenated alkanes) is 3. The Morgan fingerprint density at radius 2 is 1.47 bits per heavy atom. The number of aliphatic carboxylic acids is 1. The van der Waals surface area contributed by atoms with E-state index in [0.29, 0.717) is 95.9 Å². The van der Waals surface area contributed by atoms with Gasteiger partial charge in [0.1, 0.15) is 34.3 Å². The summed E-state index contributed by atoms with van der Waals surface area (Å²) in [4.78, 5) is 44.4. The number of rotatable bonds is 27. The van der Waals surface area contributed by atoms with Gasteiger partial charge in [0.15, 0.2) is 24.7 Å². The van der Waals surface area contributed by atoms with Crippen molar-refractivity contribution in [3.8, 4) is 5.75 Å². The van der Waals surface area contributed by atoms with Gasteiger partial charge in [-0.25, -0.2) is 26.2 Å². The van der Waals surface area contributed by atoms with E-state index in [1.54, 1.807) is 6.07 Å². The molecule has 4 aromatic rings. The highest BCUT2D eigenvalue weighted by Gasteiger charge is 2.53. The summed E-state index contributed by atoms with van der Waals surface area (Å²) in [7, 11) is -24.1. The predicted octanol–water partition coefficient (Wildman–Crippen LogP) is 4.99. The van der Waals surface area contributed by atoms with Crippen LogP contribution in [0.3, 0.4) is 0 Å². The third kappa shape index (κ3) is 16.5. The number of anilines is 1. The Morgan fingerprint density at radius 3 is 2.10 bits per heavy atom. The number of hydrogen-bond donors (Lipinski definition) is 8. The average Bonchev–Trinajstić information content (AvgIpc) is 1.62. The zero-order valence-electron chi connectivity index (χ0n) is 47.8. The summed E-state index contributed by atoms with van der Waals surface area (Å²) >= 11 is 0. The van der Waals surface area contributed by atoms with Crippen LogP contribution in [0.2, 0.25) is 0 Å². The number of fused-ring (bicyclic) bond motifs is 2. The average molecular weight is 1310 g/mol. The quantitative estimate of drug-likeness (QED) is 0.0169. The van der Waals surface area contributed by atoms with Crippen molar-refractivity contribution in [2.24, 2.45) is 0 Å². The first-order valence-electron chi connectivity index (χ1n) is 27.4. The zero-order valence-corrected chi connectivity index (χ0v) is 52.0. The topological polar surface area (TPSA) is 407 Å². The maximum absolute atomic E-state index is 13.0. The fourth-order valence-electron chi connectivity index (χ4n) is 10.9. The van der Waals surface area contributed by atoms with Crippen molar-refractivity contribution in [3.05, 3.63) is 149 Å². The van der Waals surface area contributed by atoms with Gasteiger partial charge in [-0.2, -0.15) is 21.4 Å². The first-order valence-corrected chi connectivity index (χ1v) is 34.9. The molecule has 8 N–H and O–H groups in total. The molecule has 0 bridgehead atoms. The van der Waals surface area contributed by atoms with Gasteiger partial charge in [-0.3, -0.25) is 18.5 Å². The number of nitrogens with one attached hydrogen (secondary N) is 1. The molecule has 0 fully saturated rings. The minimum atomic E-state index is -5.51. The summed E-state index contributed by atoms with van der Waals surface area (Å²) in [5.74, 6) is -2.51. The number of benzene rings is 3. The van der Waals surface area contributed by atoms with Gasteiger partial charge in [0.25, 0.3) is 25.6 Å². The number of carboxylic acid groups (broad SMARTS) is 1. The Kier molecular flexibility index (Phi) is 20.7. The van der Waals surface area contributed by atoms with E-state index in [2.05, 4.69) is 5.32 Å². The SMILES string of the molecule is CC1(C)C(/C=C\C2=C(Oc3ccc(S(=O)(=O)O)cc3)C(=C/C=C3\N(CCCCCC(=O)NCC(O)C[n+]4cccc(CC(O)(C(=O)O)P(=O)(O)O)c4)c4ccc(S(=O)(=O)O)cc4C3(C)C)/CCC2)=[N+](CCCCS(=O)(=O)[O-])c2ccc(S(=O)(=O)[O-])cc21. The highest BCUT2D eigenvalue weighted by Crippen LogP contribution is 2.51. The van der Waals surface area contributed by atoms with Crippen LogP contribution in [-0.2, 0) is 78.4 Å². The van der Waals surface area contributed by atoms with E-state index in [1.165, 1.54) is 83.7 Å². The Balaban J connectivity index is 1.15. The molecular weight excluding hydrogens is 1240 g/mol. The molecule has 2 aliphatic heterocycles. The number of hydrogen-bond acceptors (Lipinski definition) is 17. The zero-order chi connectivity index (χ0) is 64.3. The van der Waals surface area contributed by atoms with Crippen LogP contribution in [0.15, 0.2) is 147 Å². The molecule has 3 aliphatic rings. The molecule has 2 unspecified atom stereocenters. The van der Waals surface area contributed by atoms with Crippen LogP contribution in [0.25, 0.3) is 0 Å². The van der Waals surface area contributed by atoms with Gasteiger partial charge in [0, 0.05) is 84.2 Å². The molecule has 25 nitrogen and oxygen atoms in total. The van der Waals surface area contributed by atoms with E-state index in [-0.39, 0.29) is 65.9 Å². The van der Waals surface area contributed by atoms with Crippen molar-refractivity contribution in [2.75, 3.05) is 30.3 Å². The van der Waals surface area contributed by atoms with Crippen LogP contribution < -0.4 is 19.5 Å². The number of aromatic nitrogens is 1. The van der Waals surface area contributed by atoms with Gasteiger partial charge < -0.3 is 49.2 Å². The molecule has 0 radical (unpaired) electrons. The third-order valence-corrected chi connectivity index (χ3v) is 20.1. The molecule has 472 valence electrons.